The van der Waals surface area contributed by atoms with Gasteiger partial charge in [0.2, 0.25) is 0 Å². The molecule has 0 spiro atoms. The molecule has 0 saturated heterocycles. The lowest BCUT2D eigenvalue weighted by atomic mass is 9.81. The molecule has 1 nitrogen and oxygen atoms in total. The fourth-order valence-electron chi connectivity index (χ4n) is 1.51. The van der Waals surface area contributed by atoms with E-state index in [2.05, 4.69) is 13.8 Å². The highest BCUT2D eigenvalue weighted by Gasteiger charge is 2.24. The van der Waals surface area contributed by atoms with Gasteiger partial charge in [-0.15, -0.1) is 0 Å². The molecule has 1 saturated carbocycles. The molecule has 1 heteroatoms. The summed E-state index contributed by atoms with van der Waals surface area (Å²) in [5.74, 6) is 0.759. The third kappa shape index (κ3) is 1.45. The molecule has 0 aromatic carbocycles. The van der Waals surface area contributed by atoms with Crippen LogP contribution in [0.25, 0.3) is 0 Å². The van der Waals surface area contributed by atoms with E-state index in [1.54, 1.807) is 0 Å². The first-order chi connectivity index (χ1) is 4.22. The summed E-state index contributed by atoms with van der Waals surface area (Å²) in [7, 11) is 0. The molecule has 0 bridgehead atoms. The van der Waals surface area contributed by atoms with E-state index >= 15 is 0 Å². The summed E-state index contributed by atoms with van der Waals surface area (Å²) in [6.07, 6.45) is 3.38. The number of hydrogen-bond acceptors (Lipinski definition) is 1. The Morgan fingerprint density at radius 3 is 2.56 bits per heavy atom. The van der Waals surface area contributed by atoms with Crippen molar-refractivity contribution in [1.29, 1.82) is 0 Å². The smallest absolute Gasteiger partial charge is 0.0593 e. The molecule has 0 amide bonds. The Bertz CT molecular complexity index is 80.6. The number of aliphatic hydroxyl groups excluding tert-OH is 1. The van der Waals surface area contributed by atoms with E-state index in [1.165, 1.54) is 12.8 Å². The van der Waals surface area contributed by atoms with Crippen molar-refractivity contribution in [2.75, 3.05) is 0 Å². The summed E-state index contributed by atoms with van der Waals surface area (Å²) in [6.45, 7) is 5.98. The summed E-state index contributed by atoms with van der Waals surface area (Å²) in [5, 5.41) is 9.38. The van der Waals surface area contributed by atoms with E-state index in [0.29, 0.717) is 5.92 Å². The summed E-state index contributed by atoms with van der Waals surface area (Å²) < 4.78 is 0. The van der Waals surface area contributed by atoms with Crippen LogP contribution in [0.4, 0.5) is 0 Å². The van der Waals surface area contributed by atoms with Gasteiger partial charge in [-0.25, -0.2) is 0 Å². The Labute approximate surface area is 57.1 Å². The van der Waals surface area contributed by atoms with Gasteiger partial charge in [0.25, 0.3) is 0 Å². The molecule has 1 radical (unpaired) electrons. The second-order valence-corrected chi connectivity index (χ2v) is 3.16. The fraction of sp³-hybridized carbons (Fsp3) is 0.875. The second kappa shape index (κ2) is 2.70. The Kier molecular flexibility index (Phi) is 2.12. The first kappa shape index (κ1) is 7.07. The quantitative estimate of drug-likeness (QED) is 0.524. The standard InChI is InChI=1S/C8H15O/c1-6-4-3-5-7(2)8(6)9/h6-9H,1,3-5H2,2H3. The molecule has 0 heterocycles. The minimum atomic E-state index is -0.140. The average Bonchev–Trinajstić information content (AvgIpc) is 1.83. The molecule has 53 valence electrons. The summed E-state index contributed by atoms with van der Waals surface area (Å²) in [6, 6.07) is 0. The third-order valence-electron chi connectivity index (χ3n) is 2.30. The highest BCUT2D eigenvalue weighted by molar-refractivity contribution is 4.80. The summed E-state index contributed by atoms with van der Waals surface area (Å²) in [4.78, 5) is 0. The minimum Gasteiger partial charge on any atom is -0.393 e. The topological polar surface area (TPSA) is 20.2 Å². The molecule has 9 heavy (non-hydrogen) atoms. The Morgan fingerprint density at radius 2 is 2.11 bits per heavy atom. The van der Waals surface area contributed by atoms with Gasteiger partial charge in [0.05, 0.1) is 6.10 Å². The third-order valence-corrected chi connectivity index (χ3v) is 2.30. The van der Waals surface area contributed by atoms with Crippen LogP contribution in [0.5, 0.6) is 0 Å². The summed E-state index contributed by atoms with van der Waals surface area (Å²) >= 11 is 0. The van der Waals surface area contributed by atoms with Gasteiger partial charge in [-0.2, -0.15) is 0 Å². The lowest BCUT2D eigenvalue weighted by Gasteiger charge is -2.29. The maximum absolute atomic E-state index is 9.38. The largest absolute Gasteiger partial charge is 0.393 e. The fourth-order valence-corrected chi connectivity index (χ4v) is 1.51. The van der Waals surface area contributed by atoms with Crippen LogP contribution in [0, 0.1) is 18.8 Å². The SMILES string of the molecule is [CH2]C1CCCC(C)C1O. The van der Waals surface area contributed by atoms with Crippen molar-refractivity contribution >= 4 is 0 Å². The van der Waals surface area contributed by atoms with Gasteiger partial charge in [0.15, 0.2) is 0 Å². The maximum atomic E-state index is 9.38. The zero-order valence-corrected chi connectivity index (χ0v) is 6.01. The van der Waals surface area contributed by atoms with Gasteiger partial charge in [0.1, 0.15) is 0 Å². The van der Waals surface area contributed by atoms with Gasteiger partial charge >= 0.3 is 0 Å². The maximum Gasteiger partial charge on any atom is 0.0593 e. The highest BCUT2D eigenvalue weighted by Crippen LogP contribution is 2.27. The molecule has 0 aromatic heterocycles. The van der Waals surface area contributed by atoms with Gasteiger partial charge in [-0.05, 0) is 31.6 Å². The van der Waals surface area contributed by atoms with Crippen LogP contribution < -0.4 is 0 Å². The van der Waals surface area contributed by atoms with Gasteiger partial charge in [-0.3, -0.25) is 0 Å². The van der Waals surface area contributed by atoms with Crippen LogP contribution in [0.3, 0.4) is 0 Å². The number of aliphatic hydroxyl groups is 1. The van der Waals surface area contributed by atoms with Gasteiger partial charge in [0, 0.05) is 0 Å². The molecule has 0 aliphatic heterocycles. The summed E-state index contributed by atoms with van der Waals surface area (Å²) in [5.41, 5.74) is 0. The predicted molar refractivity (Wildman–Crippen MR) is 37.9 cm³/mol. The molecule has 0 aromatic rings. The second-order valence-electron chi connectivity index (χ2n) is 3.16. The highest BCUT2D eigenvalue weighted by atomic mass is 16.3. The van der Waals surface area contributed by atoms with Crippen LogP contribution >= 0.6 is 0 Å². The van der Waals surface area contributed by atoms with Gasteiger partial charge < -0.3 is 5.11 Å². The van der Waals surface area contributed by atoms with Crippen LogP contribution in [0.2, 0.25) is 0 Å². The molecule has 1 N–H and O–H groups in total. The van der Waals surface area contributed by atoms with Crippen LogP contribution in [-0.4, -0.2) is 11.2 Å². The van der Waals surface area contributed by atoms with Crippen molar-refractivity contribution in [3.63, 3.8) is 0 Å². The zero-order chi connectivity index (χ0) is 6.85. The monoisotopic (exact) mass is 127 g/mol. The normalized spacial score (nSPS) is 45.0. The minimum absolute atomic E-state index is 0.140. The Morgan fingerprint density at radius 1 is 1.44 bits per heavy atom. The van der Waals surface area contributed by atoms with Crippen molar-refractivity contribution < 1.29 is 5.11 Å². The van der Waals surface area contributed by atoms with Crippen molar-refractivity contribution in [3.8, 4) is 0 Å². The molecular formula is C8H15O. The van der Waals surface area contributed by atoms with Crippen LogP contribution in [-0.2, 0) is 0 Å². The van der Waals surface area contributed by atoms with E-state index in [-0.39, 0.29) is 12.0 Å². The van der Waals surface area contributed by atoms with Crippen molar-refractivity contribution in [2.45, 2.75) is 32.3 Å². The first-order valence-corrected chi connectivity index (χ1v) is 3.73. The Balaban J connectivity index is 2.41. The molecule has 1 aliphatic carbocycles. The molecule has 1 fully saturated rings. The van der Waals surface area contributed by atoms with Crippen LogP contribution in [0.1, 0.15) is 26.2 Å². The molecule has 3 atom stereocenters. The average molecular weight is 127 g/mol. The number of hydrogen-bond donors (Lipinski definition) is 1. The van der Waals surface area contributed by atoms with E-state index in [9.17, 15) is 5.11 Å². The number of rotatable bonds is 0. The van der Waals surface area contributed by atoms with E-state index in [1.807, 2.05) is 0 Å². The van der Waals surface area contributed by atoms with E-state index in [4.69, 9.17) is 0 Å². The molecule has 1 aliphatic rings. The van der Waals surface area contributed by atoms with E-state index in [0.717, 1.165) is 6.42 Å². The lowest BCUT2D eigenvalue weighted by Crippen LogP contribution is -2.29. The van der Waals surface area contributed by atoms with Gasteiger partial charge in [-0.1, -0.05) is 13.3 Å². The molecule has 1 rings (SSSR count). The Hall–Kier alpha value is -0.0400. The first-order valence-electron chi connectivity index (χ1n) is 3.73. The zero-order valence-electron chi connectivity index (χ0n) is 6.01. The lowest BCUT2D eigenvalue weighted by molar-refractivity contribution is 0.0441. The van der Waals surface area contributed by atoms with Crippen molar-refractivity contribution in [2.24, 2.45) is 11.8 Å². The molecule has 3 unspecified atom stereocenters. The predicted octanol–water partition coefficient (Wildman–Crippen LogP) is 1.62. The van der Waals surface area contributed by atoms with Crippen LogP contribution in [0.15, 0.2) is 0 Å². The van der Waals surface area contributed by atoms with Crippen molar-refractivity contribution in [3.05, 3.63) is 6.92 Å². The van der Waals surface area contributed by atoms with Crippen molar-refractivity contribution in [1.82, 2.24) is 0 Å². The van der Waals surface area contributed by atoms with E-state index < -0.39 is 0 Å². The molecular weight excluding hydrogens is 112 g/mol.